The van der Waals surface area contributed by atoms with E-state index in [4.69, 9.17) is 30.8 Å². The van der Waals surface area contributed by atoms with Crippen LogP contribution in [0.5, 0.6) is 5.75 Å². The lowest BCUT2D eigenvalue weighted by Gasteiger charge is -2.30. The lowest BCUT2D eigenvalue weighted by molar-refractivity contribution is 0.121. The molecule has 0 bridgehead atoms. The zero-order valence-corrected chi connectivity index (χ0v) is 20.6. The molecule has 11 heteroatoms. The van der Waals surface area contributed by atoms with E-state index in [9.17, 15) is 0 Å². The summed E-state index contributed by atoms with van der Waals surface area (Å²) in [5, 5.41) is 5.05. The van der Waals surface area contributed by atoms with Crippen molar-refractivity contribution in [1.29, 1.82) is 0 Å². The van der Waals surface area contributed by atoms with Gasteiger partial charge in [-0.05, 0) is 23.8 Å². The Balaban J connectivity index is 1.27. The van der Waals surface area contributed by atoms with Crippen molar-refractivity contribution in [3.63, 3.8) is 0 Å². The number of rotatable bonds is 8. The van der Waals surface area contributed by atoms with Gasteiger partial charge >= 0.3 is 0 Å². The summed E-state index contributed by atoms with van der Waals surface area (Å²) in [4.78, 5) is 18.1. The Kier molecular flexibility index (Phi) is 8.06. The molecule has 1 aromatic heterocycles. The minimum absolute atomic E-state index is 0.385. The van der Waals surface area contributed by atoms with Crippen LogP contribution in [0.25, 0.3) is 0 Å². The number of nitrogens with one attached hydrogen (secondary N) is 1. The van der Waals surface area contributed by atoms with Gasteiger partial charge in [-0.1, -0.05) is 41.9 Å². The average Bonchev–Trinajstić information content (AvgIpc) is 2.94. The monoisotopic (exact) mass is 509 g/mol. The Morgan fingerprint density at radius 3 is 2.22 bits per heavy atom. The van der Waals surface area contributed by atoms with Crippen molar-refractivity contribution in [2.24, 2.45) is 5.10 Å². The van der Waals surface area contributed by atoms with E-state index in [-0.39, 0.29) is 0 Å². The molecule has 2 fully saturated rings. The number of hydrazone groups is 1. The number of nitrogens with zero attached hydrogens (tertiary/aromatic N) is 6. The van der Waals surface area contributed by atoms with Gasteiger partial charge in [0, 0.05) is 36.8 Å². The third-order valence-corrected chi connectivity index (χ3v) is 6.16. The van der Waals surface area contributed by atoms with E-state index in [0.29, 0.717) is 55.9 Å². The zero-order valence-electron chi connectivity index (χ0n) is 19.8. The molecule has 0 amide bonds. The number of halogens is 1. The highest BCUT2D eigenvalue weighted by molar-refractivity contribution is 6.31. The van der Waals surface area contributed by atoms with Crippen LogP contribution < -0.4 is 20.0 Å². The van der Waals surface area contributed by atoms with Gasteiger partial charge in [0.1, 0.15) is 12.4 Å². The van der Waals surface area contributed by atoms with E-state index in [1.165, 1.54) is 0 Å². The van der Waals surface area contributed by atoms with Gasteiger partial charge in [0.25, 0.3) is 0 Å². The van der Waals surface area contributed by atoms with E-state index < -0.39 is 0 Å². The summed E-state index contributed by atoms with van der Waals surface area (Å²) in [5.41, 5.74) is 4.77. The summed E-state index contributed by atoms with van der Waals surface area (Å²) >= 11 is 6.23. The third-order valence-electron chi connectivity index (χ3n) is 5.79. The van der Waals surface area contributed by atoms with E-state index in [1.54, 1.807) is 6.21 Å². The quantitative estimate of drug-likeness (QED) is 0.362. The Bertz CT molecular complexity index is 1150. The van der Waals surface area contributed by atoms with Gasteiger partial charge in [-0.3, -0.25) is 0 Å². The van der Waals surface area contributed by atoms with Crippen LogP contribution in [-0.2, 0) is 16.1 Å². The van der Waals surface area contributed by atoms with Gasteiger partial charge in [-0.15, -0.1) is 0 Å². The molecule has 1 N–H and O–H groups in total. The number of anilines is 3. The Hall–Kier alpha value is -3.47. The third kappa shape index (κ3) is 6.39. The fourth-order valence-corrected chi connectivity index (χ4v) is 4.03. The van der Waals surface area contributed by atoms with Crippen molar-refractivity contribution in [3.05, 3.63) is 64.7 Å². The first-order valence-corrected chi connectivity index (χ1v) is 12.3. The van der Waals surface area contributed by atoms with E-state index in [0.717, 1.165) is 43.1 Å². The first-order chi connectivity index (χ1) is 17.7. The van der Waals surface area contributed by atoms with Gasteiger partial charge in [0.15, 0.2) is 0 Å². The Morgan fingerprint density at radius 2 is 1.56 bits per heavy atom. The van der Waals surface area contributed by atoms with Gasteiger partial charge in [-0.2, -0.15) is 20.1 Å². The number of morpholine rings is 2. The topological polar surface area (TPSA) is 97.2 Å². The van der Waals surface area contributed by atoms with Crippen LogP contribution in [0.4, 0.5) is 17.8 Å². The van der Waals surface area contributed by atoms with Crippen molar-refractivity contribution in [2.45, 2.75) is 6.61 Å². The predicted molar refractivity (Wildman–Crippen MR) is 139 cm³/mol. The molecule has 0 atom stereocenters. The van der Waals surface area contributed by atoms with Gasteiger partial charge in [0.05, 0.1) is 32.6 Å². The first-order valence-electron chi connectivity index (χ1n) is 11.9. The smallest absolute Gasteiger partial charge is 0.250 e. The number of benzene rings is 2. The first kappa shape index (κ1) is 24.2. The summed E-state index contributed by atoms with van der Waals surface area (Å²) in [6.07, 6.45) is 1.70. The Morgan fingerprint density at radius 1 is 0.889 bits per heavy atom. The van der Waals surface area contributed by atoms with Crippen LogP contribution in [-0.4, -0.2) is 73.8 Å². The number of hydrogen-bond donors (Lipinski definition) is 1. The molecule has 0 aliphatic carbocycles. The van der Waals surface area contributed by atoms with Crippen LogP contribution in [0.3, 0.4) is 0 Å². The molecule has 3 aromatic rings. The molecule has 0 radical (unpaired) electrons. The molecule has 36 heavy (non-hydrogen) atoms. The second-order valence-corrected chi connectivity index (χ2v) is 8.69. The minimum atomic E-state index is 0.385. The fourth-order valence-electron chi connectivity index (χ4n) is 3.84. The maximum Gasteiger partial charge on any atom is 0.250 e. The zero-order chi connectivity index (χ0) is 24.6. The van der Waals surface area contributed by atoms with Crippen molar-refractivity contribution < 1.29 is 14.2 Å². The Labute approximate surface area is 214 Å². The molecular weight excluding hydrogens is 482 g/mol. The second kappa shape index (κ2) is 12.0. The highest BCUT2D eigenvalue weighted by Gasteiger charge is 2.20. The summed E-state index contributed by atoms with van der Waals surface area (Å²) in [6, 6.07) is 15.3. The number of aromatic nitrogens is 3. The molecular formula is C25H28ClN7O3. The normalized spacial score (nSPS) is 16.4. The maximum atomic E-state index is 6.23. The molecule has 2 aliphatic rings. The lowest BCUT2D eigenvalue weighted by Crippen LogP contribution is -2.40. The largest absolute Gasteiger partial charge is 0.489 e. The van der Waals surface area contributed by atoms with Crippen LogP contribution in [0.15, 0.2) is 53.6 Å². The van der Waals surface area contributed by atoms with Crippen LogP contribution >= 0.6 is 11.6 Å². The van der Waals surface area contributed by atoms with E-state index >= 15 is 0 Å². The van der Waals surface area contributed by atoms with Crippen LogP contribution in [0.1, 0.15) is 11.1 Å². The molecule has 3 heterocycles. The van der Waals surface area contributed by atoms with Gasteiger partial charge < -0.3 is 24.0 Å². The van der Waals surface area contributed by atoms with Crippen LogP contribution in [0, 0.1) is 0 Å². The maximum absolute atomic E-state index is 6.23. The molecule has 0 spiro atoms. The minimum Gasteiger partial charge on any atom is -0.489 e. The summed E-state index contributed by atoms with van der Waals surface area (Å²) in [5.74, 6) is 2.34. The van der Waals surface area contributed by atoms with E-state index in [1.807, 2.05) is 48.5 Å². The molecule has 188 valence electrons. The van der Waals surface area contributed by atoms with Gasteiger partial charge in [-0.25, -0.2) is 5.43 Å². The number of hydrogen-bond acceptors (Lipinski definition) is 10. The van der Waals surface area contributed by atoms with Crippen molar-refractivity contribution in [1.82, 2.24) is 15.0 Å². The summed E-state index contributed by atoms with van der Waals surface area (Å²) in [7, 11) is 0. The summed E-state index contributed by atoms with van der Waals surface area (Å²) in [6.45, 7) is 5.91. The second-order valence-electron chi connectivity index (χ2n) is 8.28. The standard InChI is InChI=1S/C25H28ClN7O3/c26-22-7-2-1-5-20(22)18-36-21-6-3-4-19(16-21)17-27-31-23-28-24(32-8-12-34-13-9-32)30-25(29-23)33-10-14-35-15-11-33/h1-7,16-17H,8-15,18H2,(H,28,29,30,31). The predicted octanol–water partition coefficient (Wildman–Crippen LogP) is 3.22. The van der Waals surface area contributed by atoms with Crippen molar-refractivity contribution in [2.75, 3.05) is 67.8 Å². The average molecular weight is 510 g/mol. The highest BCUT2D eigenvalue weighted by Crippen LogP contribution is 2.20. The lowest BCUT2D eigenvalue weighted by atomic mass is 10.2. The molecule has 0 unspecified atom stereocenters. The molecule has 2 saturated heterocycles. The van der Waals surface area contributed by atoms with Crippen LogP contribution in [0.2, 0.25) is 5.02 Å². The highest BCUT2D eigenvalue weighted by atomic mass is 35.5. The molecule has 5 rings (SSSR count). The molecule has 10 nitrogen and oxygen atoms in total. The van der Waals surface area contributed by atoms with Crippen molar-refractivity contribution >= 4 is 35.7 Å². The van der Waals surface area contributed by atoms with Gasteiger partial charge in [0.2, 0.25) is 17.8 Å². The molecule has 0 saturated carbocycles. The van der Waals surface area contributed by atoms with Crippen molar-refractivity contribution in [3.8, 4) is 5.75 Å². The van der Waals surface area contributed by atoms with E-state index in [2.05, 4.69) is 30.3 Å². The number of ether oxygens (including phenoxy) is 3. The fraction of sp³-hybridized carbons (Fsp3) is 0.360. The molecule has 2 aliphatic heterocycles. The SMILES string of the molecule is Clc1ccccc1COc1cccc(C=NNc2nc(N3CCOCC3)nc(N3CCOCC3)n2)c1. The summed E-state index contributed by atoms with van der Waals surface area (Å²) < 4.78 is 16.9. The molecule has 2 aromatic carbocycles.